The van der Waals surface area contributed by atoms with Crippen molar-refractivity contribution < 1.29 is 18.4 Å². The van der Waals surface area contributed by atoms with Gasteiger partial charge in [0.1, 0.15) is 6.04 Å². The van der Waals surface area contributed by atoms with Crippen LogP contribution in [-0.4, -0.2) is 35.3 Å². The number of anilines is 2. The number of aromatic nitrogens is 1. The van der Waals surface area contributed by atoms with Gasteiger partial charge in [-0.2, -0.15) is 0 Å². The van der Waals surface area contributed by atoms with Crippen molar-refractivity contribution in [3.63, 3.8) is 0 Å². The molecule has 1 unspecified atom stereocenters. The molecule has 0 saturated heterocycles. The van der Waals surface area contributed by atoms with Crippen LogP contribution in [0.25, 0.3) is 0 Å². The highest BCUT2D eigenvalue weighted by Crippen LogP contribution is 2.42. The molecule has 2 aromatic rings. The third kappa shape index (κ3) is 5.68. The number of nitrogens with one attached hydrogen (secondary N) is 2. The van der Waals surface area contributed by atoms with E-state index in [-0.39, 0.29) is 12.5 Å². The first-order chi connectivity index (χ1) is 16.2. The number of halogens is 3. The van der Waals surface area contributed by atoms with Gasteiger partial charge in [0.15, 0.2) is 0 Å². The maximum Gasteiger partial charge on any atom is 0.270 e. The fourth-order valence-electron chi connectivity index (χ4n) is 4.50. The number of hydrogen-bond donors (Lipinski definition) is 2. The summed E-state index contributed by atoms with van der Waals surface area (Å²) >= 11 is 7.46. The Bertz CT molecular complexity index is 1040. The summed E-state index contributed by atoms with van der Waals surface area (Å²) in [6.07, 6.45) is 6.50. The predicted octanol–water partition coefficient (Wildman–Crippen LogP) is 5.71. The molecule has 2 amide bonds. The van der Waals surface area contributed by atoms with E-state index in [0.717, 1.165) is 41.9 Å². The lowest BCUT2D eigenvalue weighted by Crippen LogP contribution is -2.48. The van der Waals surface area contributed by atoms with E-state index in [0.29, 0.717) is 28.8 Å². The summed E-state index contributed by atoms with van der Waals surface area (Å²) in [4.78, 5) is 31.8. The van der Waals surface area contributed by atoms with E-state index in [9.17, 15) is 18.4 Å². The highest BCUT2D eigenvalue weighted by molar-refractivity contribution is 7.16. The van der Waals surface area contributed by atoms with Crippen molar-refractivity contribution in [3.8, 4) is 0 Å². The molecule has 0 bridgehead atoms. The minimum Gasteiger partial charge on any atom is -0.376 e. The van der Waals surface area contributed by atoms with E-state index in [2.05, 4.69) is 15.6 Å². The first-order valence-electron chi connectivity index (χ1n) is 11.6. The van der Waals surface area contributed by atoms with Crippen LogP contribution in [0.1, 0.15) is 62.1 Å². The van der Waals surface area contributed by atoms with Crippen LogP contribution in [0.5, 0.6) is 0 Å². The zero-order valence-corrected chi connectivity index (χ0v) is 20.8. The smallest absolute Gasteiger partial charge is 0.270 e. The van der Waals surface area contributed by atoms with Gasteiger partial charge < -0.3 is 10.6 Å². The molecule has 0 aliphatic heterocycles. The van der Waals surface area contributed by atoms with Gasteiger partial charge in [-0.25, -0.2) is 8.78 Å². The van der Waals surface area contributed by atoms with Gasteiger partial charge in [0.25, 0.3) is 5.92 Å². The van der Waals surface area contributed by atoms with Gasteiger partial charge in [-0.15, -0.1) is 11.3 Å². The van der Waals surface area contributed by atoms with E-state index in [1.165, 1.54) is 16.2 Å². The second kappa shape index (κ2) is 10.2. The van der Waals surface area contributed by atoms with E-state index >= 15 is 0 Å². The number of alkyl halides is 2. The van der Waals surface area contributed by atoms with Gasteiger partial charge in [0, 0.05) is 17.5 Å². The van der Waals surface area contributed by atoms with Gasteiger partial charge in [0.05, 0.1) is 33.5 Å². The zero-order chi connectivity index (χ0) is 24.5. The topological polar surface area (TPSA) is 74.3 Å². The van der Waals surface area contributed by atoms with Crippen LogP contribution in [-0.2, 0) is 9.59 Å². The molecular formula is C24H29ClF2N4O2S. The SMILES string of the molecule is Cc1ncc(Cl)cc1N[C@H](C)c1ccc(N(C=O)[C@@H](CC2CCCC2)C(=O)NC2CC2(F)F)s1. The second-order valence-corrected chi connectivity index (χ2v) is 10.8. The molecule has 184 valence electrons. The van der Waals surface area contributed by atoms with Crippen molar-refractivity contribution in [2.24, 2.45) is 5.92 Å². The second-order valence-electron chi connectivity index (χ2n) is 9.27. The summed E-state index contributed by atoms with van der Waals surface area (Å²) in [5, 5.41) is 6.99. The Hall–Kier alpha value is -2.26. The molecule has 0 radical (unpaired) electrons. The van der Waals surface area contributed by atoms with E-state index < -0.39 is 23.9 Å². The first-order valence-corrected chi connectivity index (χ1v) is 12.8. The normalized spacial score (nSPS) is 21.0. The van der Waals surface area contributed by atoms with Crippen LogP contribution in [0.4, 0.5) is 19.5 Å². The highest BCUT2D eigenvalue weighted by Gasteiger charge is 2.58. The first kappa shape index (κ1) is 24.9. The van der Waals surface area contributed by atoms with Crippen LogP contribution >= 0.6 is 22.9 Å². The third-order valence-corrected chi connectivity index (χ3v) is 8.13. The molecule has 2 aliphatic carbocycles. The molecule has 10 heteroatoms. The van der Waals surface area contributed by atoms with E-state index in [1.807, 2.05) is 26.0 Å². The number of nitrogens with zero attached hydrogens (tertiary/aromatic N) is 2. The molecule has 2 aromatic heterocycles. The Morgan fingerprint density at radius 2 is 2.09 bits per heavy atom. The minimum absolute atomic E-state index is 0.0986. The largest absolute Gasteiger partial charge is 0.376 e. The van der Waals surface area contributed by atoms with E-state index in [4.69, 9.17) is 11.6 Å². The molecule has 6 nitrogen and oxygen atoms in total. The highest BCUT2D eigenvalue weighted by atomic mass is 35.5. The Morgan fingerprint density at radius 1 is 1.38 bits per heavy atom. The lowest BCUT2D eigenvalue weighted by molar-refractivity contribution is -0.125. The van der Waals surface area contributed by atoms with Crippen molar-refractivity contribution in [1.82, 2.24) is 10.3 Å². The van der Waals surface area contributed by atoms with Crippen LogP contribution in [0.3, 0.4) is 0 Å². The predicted molar refractivity (Wildman–Crippen MR) is 131 cm³/mol. The number of carbonyl (C=O) groups excluding carboxylic acids is 2. The maximum atomic E-state index is 13.4. The van der Waals surface area contributed by atoms with Gasteiger partial charge in [0.2, 0.25) is 12.3 Å². The number of aryl methyl sites for hydroxylation is 1. The molecule has 0 spiro atoms. The summed E-state index contributed by atoms with van der Waals surface area (Å²) in [5.74, 6) is -3.07. The summed E-state index contributed by atoms with van der Waals surface area (Å²) in [6, 6.07) is 3.46. The lowest BCUT2D eigenvalue weighted by Gasteiger charge is -2.28. The zero-order valence-electron chi connectivity index (χ0n) is 19.2. The molecule has 0 aromatic carbocycles. The van der Waals surface area contributed by atoms with E-state index in [1.54, 1.807) is 12.3 Å². The van der Waals surface area contributed by atoms with Crippen molar-refractivity contribution >= 4 is 45.9 Å². The van der Waals surface area contributed by atoms with Crippen LogP contribution < -0.4 is 15.5 Å². The lowest BCUT2D eigenvalue weighted by atomic mass is 9.97. The number of rotatable bonds is 10. The number of thiophene rings is 1. The third-order valence-electron chi connectivity index (χ3n) is 6.65. The van der Waals surface area contributed by atoms with Crippen molar-refractivity contribution in [3.05, 3.63) is 40.0 Å². The Balaban J connectivity index is 1.51. The fourth-order valence-corrected chi connectivity index (χ4v) is 5.68. The van der Waals surface area contributed by atoms with Crippen molar-refractivity contribution in [2.45, 2.75) is 76.4 Å². The number of pyridine rings is 1. The summed E-state index contributed by atoms with van der Waals surface area (Å²) in [5.41, 5.74) is 1.62. The summed E-state index contributed by atoms with van der Waals surface area (Å²) in [7, 11) is 0. The molecule has 2 N–H and O–H groups in total. The molecule has 2 heterocycles. The van der Waals surface area contributed by atoms with Crippen LogP contribution in [0, 0.1) is 12.8 Å². The van der Waals surface area contributed by atoms with Gasteiger partial charge in [-0.3, -0.25) is 19.5 Å². The molecule has 2 fully saturated rings. The molecular weight excluding hydrogens is 482 g/mol. The van der Waals surface area contributed by atoms with Crippen molar-refractivity contribution in [2.75, 3.05) is 10.2 Å². The van der Waals surface area contributed by atoms with Gasteiger partial charge in [-0.05, 0) is 44.4 Å². The summed E-state index contributed by atoms with van der Waals surface area (Å²) in [6.45, 7) is 3.87. The number of hydrogen-bond acceptors (Lipinski definition) is 5. The number of carbonyl (C=O) groups is 2. The standard InChI is InChI=1S/C24H29ClF2N4O2S/c1-14-18(10-17(25)12-28-14)29-15(2)20-7-8-22(34-20)31(13-32)19(9-16-5-3-4-6-16)23(33)30-21-11-24(21,26)27/h7-8,10,12-13,15-16,19,21,29H,3-6,9,11H2,1-2H3,(H,30,33)/t15-,19+,21?/m1/s1. The monoisotopic (exact) mass is 510 g/mol. The quantitative estimate of drug-likeness (QED) is 0.401. The fraction of sp³-hybridized carbons (Fsp3) is 0.542. The van der Waals surface area contributed by atoms with Gasteiger partial charge >= 0.3 is 0 Å². The van der Waals surface area contributed by atoms with Crippen molar-refractivity contribution in [1.29, 1.82) is 0 Å². The minimum atomic E-state index is -2.86. The maximum absolute atomic E-state index is 13.4. The average Bonchev–Trinajstić information content (AvgIpc) is 3.22. The average molecular weight is 511 g/mol. The molecule has 34 heavy (non-hydrogen) atoms. The Morgan fingerprint density at radius 3 is 2.74 bits per heavy atom. The Kier molecular flexibility index (Phi) is 7.42. The molecule has 4 rings (SSSR count). The number of amides is 2. The van der Waals surface area contributed by atoms with Crippen LogP contribution in [0.15, 0.2) is 24.4 Å². The summed E-state index contributed by atoms with van der Waals surface area (Å²) < 4.78 is 26.9. The van der Waals surface area contributed by atoms with Gasteiger partial charge in [-0.1, -0.05) is 37.3 Å². The van der Waals surface area contributed by atoms with Crippen LogP contribution in [0.2, 0.25) is 5.02 Å². The molecule has 3 atom stereocenters. The Labute approximate surface area is 207 Å². The molecule has 2 saturated carbocycles. The molecule has 2 aliphatic rings.